The van der Waals surface area contributed by atoms with Gasteiger partial charge in [-0.25, -0.2) is 0 Å². The van der Waals surface area contributed by atoms with Gasteiger partial charge in [0.15, 0.2) is 0 Å². The second-order valence-electron chi connectivity index (χ2n) is 3.88. The van der Waals surface area contributed by atoms with Gasteiger partial charge in [-0.05, 0) is 32.2 Å². The van der Waals surface area contributed by atoms with Crippen molar-refractivity contribution < 1.29 is 0 Å². The highest BCUT2D eigenvalue weighted by molar-refractivity contribution is 14.1. The van der Waals surface area contributed by atoms with Crippen molar-refractivity contribution in [2.24, 2.45) is 5.92 Å². The standard InChI is InChI=1S/C8H15IN2/c1-11-7-2-6(5-10-9)3-8(11)4-7/h6-8,10H,2-5H2,1H3. The van der Waals surface area contributed by atoms with Crippen LogP contribution in [-0.4, -0.2) is 30.6 Å². The molecule has 3 aliphatic rings. The van der Waals surface area contributed by atoms with Crippen LogP contribution in [0.15, 0.2) is 0 Å². The van der Waals surface area contributed by atoms with Crippen molar-refractivity contribution in [3.05, 3.63) is 0 Å². The minimum atomic E-state index is 0.920. The summed E-state index contributed by atoms with van der Waals surface area (Å²) in [5, 5.41) is 0. The minimum Gasteiger partial charge on any atom is -0.300 e. The zero-order valence-electron chi connectivity index (χ0n) is 6.89. The molecule has 1 N–H and O–H groups in total. The Labute approximate surface area is 82.2 Å². The summed E-state index contributed by atoms with van der Waals surface area (Å²) in [6.07, 6.45) is 4.31. The first kappa shape index (κ1) is 8.26. The van der Waals surface area contributed by atoms with Gasteiger partial charge < -0.3 is 4.90 Å². The predicted octanol–water partition coefficient (Wildman–Crippen LogP) is 1.41. The molecule has 0 spiro atoms. The Balaban J connectivity index is 1.84. The van der Waals surface area contributed by atoms with E-state index in [1.54, 1.807) is 0 Å². The third-order valence-electron chi connectivity index (χ3n) is 3.27. The maximum atomic E-state index is 3.24. The average molecular weight is 266 g/mol. The van der Waals surface area contributed by atoms with E-state index >= 15 is 0 Å². The second kappa shape index (κ2) is 3.18. The molecule has 0 aromatic carbocycles. The van der Waals surface area contributed by atoms with E-state index in [9.17, 15) is 0 Å². The number of hydrogen-bond acceptors (Lipinski definition) is 2. The van der Waals surface area contributed by atoms with Crippen LogP contribution in [0.4, 0.5) is 0 Å². The van der Waals surface area contributed by atoms with Gasteiger partial charge in [-0.15, -0.1) is 0 Å². The number of halogens is 1. The van der Waals surface area contributed by atoms with Gasteiger partial charge in [0, 0.05) is 41.5 Å². The molecule has 2 saturated heterocycles. The van der Waals surface area contributed by atoms with E-state index in [1.165, 1.54) is 25.8 Å². The molecule has 2 bridgehead atoms. The van der Waals surface area contributed by atoms with E-state index < -0.39 is 0 Å². The fourth-order valence-corrected chi connectivity index (χ4v) is 3.10. The summed E-state index contributed by atoms with van der Waals surface area (Å²) >= 11 is 2.25. The van der Waals surface area contributed by atoms with E-state index in [4.69, 9.17) is 0 Å². The Morgan fingerprint density at radius 1 is 1.36 bits per heavy atom. The highest BCUT2D eigenvalue weighted by atomic mass is 127. The monoisotopic (exact) mass is 266 g/mol. The zero-order valence-corrected chi connectivity index (χ0v) is 9.04. The molecule has 0 radical (unpaired) electrons. The van der Waals surface area contributed by atoms with Crippen molar-refractivity contribution in [1.29, 1.82) is 0 Å². The Bertz CT molecular complexity index is 139. The van der Waals surface area contributed by atoms with Gasteiger partial charge in [-0.3, -0.25) is 3.53 Å². The molecule has 2 aliphatic heterocycles. The van der Waals surface area contributed by atoms with E-state index in [0.717, 1.165) is 18.0 Å². The molecule has 1 aliphatic carbocycles. The van der Waals surface area contributed by atoms with Gasteiger partial charge in [-0.2, -0.15) is 0 Å². The summed E-state index contributed by atoms with van der Waals surface area (Å²) in [5.74, 6) is 0.951. The van der Waals surface area contributed by atoms with Crippen LogP contribution in [0.5, 0.6) is 0 Å². The third kappa shape index (κ3) is 1.42. The van der Waals surface area contributed by atoms with E-state index in [-0.39, 0.29) is 0 Å². The number of fused-ring (bicyclic) bond motifs is 2. The topological polar surface area (TPSA) is 15.3 Å². The summed E-state index contributed by atoms with van der Waals surface area (Å²) in [6.45, 7) is 1.21. The fraction of sp³-hybridized carbons (Fsp3) is 1.00. The largest absolute Gasteiger partial charge is 0.300 e. The quantitative estimate of drug-likeness (QED) is 0.600. The maximum absolute atomic E-state index is 3.24. The molecule has 0 amide bonds. The molecule has 1 saturated carbocycles. The van der Waals surface area contributed by atoms with Gasteiger partial charge >= 0.3 is 0 Å². The van der Waals surface area contributed by atoms with Crippen LogP contribution in [-0.2, 0) is 0 Å². The van der Waals surface area contributed by atoms with Crippen LogP contribution in [0, 0.1) is 5.92 Å². The first-order chi connectivity index (χ1) is 5.31. The van der Waals surface area contributed by atoms with Crippen LogP contribution in [0.2, 0.25) is 0 Å². The van der Waals surface area contributed by atoms with Gasteiger partial charge in [0.1, 0.15) is 0 Å². The van der Waals surface area contributed by atoms with Crippen molar-refractivity contribution >= 4 is 22.9 Å². The number of piperidine rings is 1. The molecule has 3 heteroatoms. The average Bonchev–Trinajstić information content (AvgIpc) is 2.05. The molecule has 11 heavy (non-hydrogen) atoms. The Morgan fingerprint density at radius 2 is 2.00 bits per heavy atom. The molecular weight excluding hydrogens is 251 g/mol. The molecule has 0 aromatic heterocycles. The zero-order chi connectivity index (χ0) is 7.84. The highest BCUT2D eigenvalue weighted by Crippen LogP contribution is 2.39. The number of rotatable bonds is 2. The van der Waals surface area contributed by atoms with Crippen molar-refractivity contribution in [3.8, 4) is 0 Å². The molecule has 2 heterocycles. The molecule has 2 unspecified atom stereocenters. The summed E-state index contributed by atoms with van der Waals surface area (Å²) in [5.41, 5.74) is 0. The first-order valence-corrected chi connectivity index (χ1v) is 5.44. The van der Waals surface area contributed by atoms with Crippen molar-refractivity contribution in [1.82, 2.24) is 8.43 Å². The smallest absolute Gasteiger partial charge is 0.0169 e. The predicted molar refractivity (Wildman–Crippen MR) is 54.7 cm³/mol. The van der Waals surface area contributed by atoms with E-state index in [0.29, 0.717) is 0 Å². The molecule has 3 fully saturated rings. The molecule has 2 atom stereocenters. The van der Waals surface area contributed by atoms with Crippen molar-refractivity contribution in [2.75, 3.05) is 13.6 Å². The van der Waals surface area contributed by atoms with E-state index in [2.05, 4.69) is 38.3 Å². The summed E-state index contributed by atoms with van der Waals surface area (Å²) in [7, 11) is 2.27. The summed E-state index contributed by atoms with van der Waals surface area (Å²) < 4.78 is 3.24. The highest BCUT2D eigenvalue weighted by Gasteiger charge is 2.42. The van der Waals surface area contributed by atoms with Gasteiger partial charge in [0.05, 0.1) is 0 Å². The SMILES string of the molecule is CN1C2CC(CNI)CC1C2. The van der Waals surface area contributed by atoms with Crippen LogP contribution in [0.25, 0.3) is 0 Å². The number of nitrogens with zero attached hydrogens (tertiary/aromatic N) is 1. The first-order valence-electron chi connectivity index (χ1n) is 4.36. The van der Waals surface area contributed by atoms with Crippen molar-refractivity contribution in [3.63, 3.8) is 0 Å². The second-order valence-corrected chi connectivity index (χ2v) is 4.65. The third-order valence-corrected chi connectivity index (χ3v) is 3.71. The number of nitrogens with one attached hydrogen (secondary N) is 1. The van der Waals surface area contributed by atoms with E-state index in [1.807, 2.05) is 0 Å². The fourth-order valence-electron chi connectivity index (χ4n) is 2.47. The molecule has 2 nitrogen and oxygen atoms in total. The van der Waals surface area contributed by atoms with Gasteiger partial charge in [0.25, 0.3) is 0 Å². The lowest BCUT2D eigenvalue weighted by Gasteiger charge is -2.53. The van der Waals surface area contributed by atoms with Gasteiger partial charge in [-0.1, -0.05) is 0 Å². The molecule has 0 aromatic rings. The lowest BCUT2D eigenvalue weighted by atomic mass is 9.74. The number of hydrogen-bond donors (Lipinski definition) is 1. The maximum Gasteiger partial charge on any atom is 0.0169 e. The Kier molecular flexibility index (Phi) is 2.39. The lowest BCUT2D eigenvalue weighted by molar-refractivity contribution is -0.0283. The molecular formula is C8H15IN2. The summed E-state index contributed by atoms with van der Waals surface area (Å²) in [4.78, 5) is 2.55. The van der Waals surface area contributed by atoms with Crippen LogP contribution in [0.3, 0.4) is 0 Å². The molecule has 64 valence electrons. The summed E-state index contributed by atoms with van der Waals surface area (Å²) in [6, 6.07) is 1.84. The Hall–Kier alpha value is 0.650. The normalized spacial score (nSPS) is 43.6. The van der Waals surface area contributed by atoms with Gasteiger partial charge in [0.2, 0.25) is 0 Å². The molecule has 3 rings (SSSR count). The van der Waals surface area contributed by atoms with Crippen LogP contribution in [0.1, 0.15) is 19.3 Å². The van der Waals surface area contributed by atoms with Crippen LogP contribution >= 0.6 is 22.9 Å². The van der Waals surface area contributed by atoms with Crippen LogP contribution < -0.4 is 3.53 Å². The van der Waals surface area contributed by atoms with Crippen molar-refractivity contribution in [2.45, 2.75) is 31.3 Å². The Morgan fingerprint density at radius 3 is 2.45 bits per heavy atom. The lowest BCUT2D eigenvalue weighted by Crippen LogP contribution is -2.59. The minimum absolute atomic E-state index is 0.920.